The average molecular weight is 767 g/mol. The molecule has 0 aromatic heterocycles. The molecule has 2 aliphatic rings. The van der Waals surface area contributed by atoms with E-state index in [1.165, 1.54) is 62.4 Å². The molecule has 290 valence electrons. The van der Waals surface area contributed by atoms with Crippen LogP contribution in [-0.2, 0) is 43.8 Å². The van der Waals surface area contributed by atoms with Gasteiger partial charge >= 0.3 is 41.8 Å². The number of carboxylic acids is 4. The lowest BCUT2D eigenvalue weighted by Crippen LogP contribution is -2.37. The number of hydrogen-bond acceptors (Lipinski definition) is 15. The number of carbonyl (C=O) groups is 7. The van der Waals surface area contributed by atoms with Crippen LogP contribution in [0.15, 0.2) is 48.5 Å². The molecule has 0 amide bonds. The van der Waals surface area contributed by atoms with Crippen LogP contribution in [-0.4, -0.2) is 120 Å². The van der Waals surface area contributed by atoms with Crippen molar-refractivity contribution < 1.29 is 82.4 Å². The monoisotopic (exact) mass is 766 g/mol. The molecule has 0 fully saturated rings. The smallest absolute Gasteiger partial charge is 0.340 e. The second-order valence-corrected chi connectivity index (χ2v) is 12.1. The van der Waals surface area contributed by atoms with Crippen LogP contribution in [0.1, 0.15) is 40.9 Å². The van der Waals surface area contributed by atoms with Gasteiger partial charge in [0, 0.05) is 49.2 Å². The van der Waals surface area contributed by atoms with E-state index >= 15 is 0 Å². The van der Waals surface area contributed by atoms with Crippen molar-refractivity contribution in [3.63, 3.8) is 0 Å². The molecule has 1 spiro atoms. The lowest BCUT2D eigenvalue weighted by atomic mass is 9.77. The van der Waals surface area contributed by atoms with Crippen molar-refractivity contribution in [3.05, 3.63) is 70.8 Å². The Morgan fingerprint density at radius 2 is 1.20 bits per heavy atom. The van der Waals surface area contributed by atoms with Gasteiger partial charge in [0.2, 0.25) is 0 Å². The molecule has 19 nitrogen and oxygen atoms in total. The quantitative estimate of drug-likeness (QED) is 0.0819. The van der Waals surface area contributed by atoms with Gasteiger partial charge in [-0.2, -0.15) is 0 Å². The zero-order valence-corrected chi connectivity index (χ0v) is 29.3. The summed E-state index contributed by atoms with van der Waals surface area (Å²) in [6, 6.07) is 11.4. The van der Waals surface area contributed by atoms with E-state index in [-0.39, 0.29) is 83.1 Å². The molecular weight excluding hydrogens is 732 g/mol. The van der Waals surface area contributed by atoms with Crippen LogP contribution < -0.4 is 23.8 Å². The number of rotatable bonds is 18. The largest absolute Gasteiger partial charge is 0.489 e. The van der Waals surface area contributed by atoms with Gasteiger partial charge in [0.1, 0.15) is 48.4 Å². The van der Waals surface area contributed by atoms with Crippen LogP contribution in [0.4, 0.5) is 5.69 Å². The molecule has 55 heavy (non-hydrogen) atoms. The molecule has 0 bridgehead atoms. The molecule has 0 saturated carbocycles. The van der Waals surface area contributed by atoms with Gasteiger partial charge in [-0.25, -0.2) is 4.79 Å². The van der Waals surface area contributed by atoms with E-state index < -0.39 is 73.6 Å². The van der Waals surface area contributed by atoms with Crippen molar-refractivity contribution in [3.8, 4) is 28.7 Å². The average Bonchev–Trinajstić information content (AvgIpc) is 3.34. The first-order valence-electron chi connectivity index (χ1n) is 16.4. The van der Waals surface area contributed by atoms with E-state index in [0.29, 0.717) is 0 Å². The van der Waals surface area contributed by atoms with E-state index in [9.17, 15) is 43.8 Å². The maximum Gasteiger partial charge on any atom is 0.340 e. The van der Waals surface area contributed by atoms with Crippen LogP contribution >= 0.6 is 0 Å². The minimum absolute atomic E-state index is 0.0467. The highest BCUT2D eigenvalue weighted by Gasteiger charge is 2.54. The fraction of sp³-hybridized carbons (Fsp3) is 0.306. The first-order valence-corrected chi connectivity index (χ1v) is 16.4. The van der Waals surface area contributed by atoms with E-state index in [0.717, 1.165) is 9.80 Å². The number of esters is 3. The van der Waals surface area contributed by atoms with Gasteiger partial charge in [0.15, 0.2) is 5.60 Å². The SMILES string of the molecule is CC(=O)Oc1ccc2c(c1)Oc1cc(OC(C)=O)ccc1C21OC(=O)c2cc(N(CC(=O)O)CC(=O)O)c(OCCOCCN(CC(=O)O)CC(=O)O)cc21. The van der Waals surface area contributed by atoms with E-state index in [1.54, 1.807) is 0 Å². The summed E-state index contributed by atoms with van der Waals surface area (Å²) < 4.78 is 34.4. The lowest BCUT2D eigenvalue weighted by Gasteiger charge is -2.37. The minimum atomic E-state index is -1.78. The zero-order chi connectivity index (χ0) is 40.0. The molecule has 0 aliphatic carbocycles. The third kappa shape index (κ3) is 9.08. The zero-order valence-electron chi connectivity index (χ0n) is 29.3. The fourth-order valence-electron chi connectivity index (χ4n) is 6.17. The standard InChI is InChI=1S/C36H34N2O17/c1-19(39)52-21-3-5-24-28(11-21)54-29-12-22(53-20(2)40)4-6-25(29)36(24)26-14-30(51-10-9-50-8-7-37(15-31(41)42)16-32(43)44)27(13-23(26)35(49)55-36)38(17-33(45)46)18-34(47)48/h3-6,11-14H,7-10,15-18H2,1-2H3,(H,41,42)(H,43,44)(H,45,46)(H,47,48). The van der Waals surface area contributed by atoms with Gasteiger partial charge in [0.05, 0.1) is 37.6 Å². The van der Waals surface area contributed by atoms with Gasteiger partial charge in [0.25, 0.3) is 0 Å². The van der Waals surface area contributed by atoms with Gasteiger partial charge < -0.3 is 53.7 Å². The highest BCUT2D eigenvalue weighted by Crippen LogP contribution is 2.58. The minimum Gasteiger partial charge on any atom is -0.489 e. The maximum absolute atomic E-state index is 13.8. The molecule has 0 unspecified atom stereocenters. The number of hydrogen-bond donors (Lipinski definition) is 4. The van der Waals surface area contributed by atoms with Crippen molar-refractivity contribution in [2.75, 3.05) is 57.4 Å². The second kappa shape index (κ2) is 16.5. The molecule has 2 aliphatic heterocycles. The fourth-order valence-corrected chi connectivity index (χ4v) is 6.17. The molecule has 2 heterocycles. The summed E-state index contributed by atoms with van der Waals surface area (Å²) in [5.74, 6) is -7.07. The summed E-state index contributed by atoms with van der Waals surface area (Å²) in [6.07, 6.45) is 0. The van der Waals surface area contributed by atoms with Crippen molar-refractivity contribution in [2.45, 2.75) is 19.4 Å². The molecule has 0 atom stereocenters. The number of carbonyl (C=O) groups excluding carboxylic acids is 3. The topological polar surface area (TPSA) is 262 Å². The third-order valence-electron chi connectivity index (χ3n) is 8.10. The molecule has 3 aromatic carbocycles. The Kier molecular flexibility index (Phi) is 11.9. The summed E-state index contributed by atoms with van der Waals surface area (Å²) in [6.45, 7) is -0.790. The summed E-state index contributed by atoms with van der Waals surface area (Å²) in [4.78, 5) is 85.4. The first-order chi connectivity index (χ1) is 26.1. The highest BCUT2D eigenvalue weighted by molar-refractivity contribution is 5.99. The number of anilines is 1. The number of benzene rings is 3. The highest BCUT2D eigenvalue weighted by atomic mass is 16.6. The van der Waals surface area contributed by atoms with Gasteiger partial charge in [-0.15, -0.1) is 0 Å². The number of fused-ring (bicyclic) bond motifs is 6. The second-order valence-electron chi connectivity index (χ2n) is 12.1. The number of carboxylic acid groups (broad SMARTS) is 4. The summed E-state index contributed by atoms with van der Waals surface area (Å²) in [5.41, 5.74) is -1.24. The van der Waals surface area contributed by atoms with Crippen molar-refractivity contribution in [2.24, 2.45) is 0 Å². The van der Waals surface area contributed by atoms with Crippen LogP contribution in [0.3, 0.4) is 0 Å². The Hall–Kier alpha value is -6.73. The van der Waals surface area contributed by atoms with Gasteiger partial charge in [-0.05, 0) is 36.4 Å². The Morgan fingerprint density at radius 1 is 0.673 bits per heavy atom. The Balaban J connectivity index is 1.58. The number of aliphatic carboxylic acids is 4. The van der Waals surface area contributed by atoms with E-state index in [2.05, 4.69) is 0 Å². The van der Waals surface area contributed by atoms with E-state index in [1.807, 2.05) is 0 Å². The van der Waals surface area contributed by atoms with Crippen LogP contribution in [0.5, 0.6) is 28.7 Å². The maximum atomic E-state index is 13.8. The Labute approximate surface area is 311 Å². The number of nitrogens with zero attached hydrogens (tertiary/aromatic N) is 2. The summed E-state index contributed by atoms with van der Waals surface area (Å²) in [7, 11) is 0. The van der Waals surface area contributed by atoms with Crippen LogP contribution in [0.25, 0.3) is 0 Å². The molecule has 0 saturated heterocycles. The Morgan fingerprint density at radius 3 is 1.69 bits per heavy atom. The normalized spacial score (nSPS) is 13.1. The Bertz CT molecular complexity index is 1960. The van der Waals surface area contributed by atoms with Crippen molar-refractivity contribution in [1.82, 2.24) is 4.90 Å². The third-order valence-corrected chi connectivity index (χ3v) is 8.10. The molecule has 3 aromatic rings. The first kappa shape index (κ1) is 39.5. The van der Waals surface area contributed by atoms with Gasteiger partial charge in [-0.1, -0.05) is 0 Å². The van der Waals surface area contributed by atoms with E-state index in [4.69, 9.17) is 38.6 Å². The number of ether oxygens (including phenoxy) is 6. The molecule has 19 heteroatoms. The predicted molar refractivity (Wildman–Crippen MR) is 183 cm³/mol. The van der Waals surface area contributed by atoms with Gasteiger partial charge in [-0.3, -0.25) is 33.7 Å². The predicted octanol–water partition coefficient (Wildman–Crippen LogP) is 1.95. The van der Waals surface area contributed by atoms with Crippen molar-refractivity contribution >= 4 is 47.5 Å². The van der Waals surface area contributed by atoms with Crippen LogP contribution in [0, 0.1) is 0 Å². The summed E-state index contributed by atoms with van der Waals surface area (Å²) in [5, 5.41) is 37.4. The molecular formula is C36H34N2O17. The van der Waals surface area contributed by atoms with Crippen molar-refractivity contribution in [1.29, 1.82) is 0 Å². The van der Waals surface area contributed by atoms with Crippen LogP contribution in [0.2, 0.25) is 0 Å². The lowest BCUT2D eigenvalue weighted by molar-refractivity contribution is -0.142. The summed E-state index contributed by atoms with van der Waals surface area (Å²) >= 11 is 0. The molecule has 0 radical (unpaired) electrons. The molecule has 4 N–H and O–H groups in total. The molecule has 5 rings (SSSR count).